The third-order valence-corrected chi connectivity index (χ3v) is 4.30. The van der Waals surface area contributed by atoms with Crippen molar-refractivity contribution in [3.8, 4) is 17.7 Å². The molecule has 0 atom stereocenters. The van der Waals surface area contributed by atoms with Crippen LogP contribution in [0.2, 0.25) is 0 Å². The van der Waals surface area contributed by atoms with Crippen LogP contribution in [0.15, 0.2) is 38.9 Å². The molecule has 0 aliphatic heterocycles. The molecule has 0 spiro atoms. The summed E-state index contributed by atoms with van der Waals surface area (Å²) in [6, 6.07) is 7.15. The van der Waals surface area contributed by atoms with Gasteiger partial charge in [-0.05, 0) is 43.7 Å². The lowest BCUT2D eigenvalue weighted by Crippen LogP contribution is -2.08. The zero-order valence-corrected chi connectivity index (χ0v) is 16.3. The summed E-state index contributed by atoms with van der Waals surface area (Å²) in [7, 11) is 1.64. The number of esters is 1. The molecule has 9 heteroatoms. The summed E-state index contributed by atoms with van der Waals surface area (Å²) < 4.78 is 22.9. The van der Waals surface area contributed by atoms with Gasteiger partial charge in [0, 0.05) is 25.0 Å². The van der Waals surface area contributed by atoms with Crippen molar-refractivity contribution in [2.24, 2.45) is 0 Å². The molecule has 0 amide bonds. The second-order valence-electron chi connectivity index (χ2n) is 6.20. The molecule has 0 aliphatic carbocycles. The number of hydrogen-bond acceptors (Lipinski definition) is 8. The van der Waals surface area contributed by atoms with Crippen molar-refractivity contribution in [2.45, 2.75) is 27.0 Å². The smallest absolute Gasteiger partial charge is 0.349 e. The van der Waals surface area contributed by atoms with Gasteiger partial charge in [-0.1, -0.05) is 0 Å². The van der Waals surface area contributed by atoms with E-state index in [1.54, 1.807) is 19.2 Å². The van der Waals surface area contributed by atoms with Crippen LogP contribution in [-0.4, -0.2) is 34.5 Å². The van der Waals surface area contributed by atoms with Crippen molar-refractivity contribution < 1.29 is 23.1 Å². The monoisotopic (exact) mass is 396 g/mol. The second kappa shape index (κ2) is 9.03. The predicted octanol–water partition coefficient (Wildman–Crippen LogP) is 3.04. The average Bonchev–Trinajstić information content (AvgIpc) is 3.45. The molecule has 150 valence electrons. The number of nitriles is 1. The lowest BCUT2D eigenvalue weighted by molar-refractivity contribution is -0.140. The molecule has 0 aliphatic rings. The van der Waals surface area contributed by atoms with Crippen molar-refractivity contribution in [2.75, 3.05) is 13.7 Å². The van der Waals surface area contributed by atoms with E-state index in [0.29, 0.717) is 18.9 Å². The zero-order chi connectivity index (χ0) is 20.8. The maximum absolute atomic E-state index is 12.3. The van der Waals surface area contributed by atoms with Gasteiger partial charge < -0.3 is 22.9 Å². The molecule has 3 aromatic rings. The van der Waals surface area contributed by atoms with Crippen LogP contribution >= 0.6 is 0 Å². The highest BCUT2D eigenvalue weighted by Crippen LogP contribution is 2.20. The van der Waals surface area contributed by atoms with Crippen LogP contribution < -0.4 is 0 Å². The van der Waals surface area contributed by atoms with Gasteiger partial charge >= 0.3 is 5.97 Å². The lowest BCUT2D eigenvalue weighted by atomic mass is 10.1. The molecular weight excluding hydrogens is 376 g/mol. The first kappa shape index (κ1) is 20.1. The SMILES string of the molecule is COCCn1c(C)cc(/C=C(\C#N)C(=O)OCc2nnc(-c3ccco3)o2)c1C. The Morgan fingerprint density at radius 1 is 1.38 bits per heavy atom. The number of nitrogens with zero attached hydrogens (tertiary/aromatic N) is 4. The van der Waals surface area contributed by atoms with Gasteiger partial charge in [-0.25, -0.2) is 4.79 Å². The fraction of sp³-hybridized carbons (Fsp3) is 0.300. The van der Waals surface area contributed by atoms with Crippen LogP contribution in [0.5, 0.6) is 0 Å². The predicted molar refractivity (Wildman–Crippen MR) is 101 cm³/mol. The highest BCUT2D eigenvalue weighted by Gasteiger charge is 2.17. The van der Waals surface area contributed by atoms with Crippen molar-refractivity contribution in [1.29, 1.82) is 5.26 Å². The number of hydrogen-bond donors (Lipinski definition) is 0. The summed E-state index contributed by atoms with van der Waals surface area (Å²) >= 11 is 0. The summed E-state index contributed by atoms with van der Waals surface area (Å²) in [6.45, 7) is 4.87. The van der Waals surface area contributed by atoms with Crippen LogP contribution in [0.1, 0.15) is 22.8 Å². The molecular formula is C20H20N4O5. The second-order valence-corrected chi connectivity index (χ2v) is 6.20. The molecule has 0 unspecified atom stereocenters. The summed E-state index contributed by atoms with van der Waals surface area (Å²) in [4.78, 5) is 12.3. The van der Waals surface area contributed by atoms with Crippen LogP contribution in [0, 0.1) is 25.2 Å². The topological polar surface area (TPSA) is 116 Å². The number of ether oxygens (including phenoxy) is 2. The Bertz CT molecular complexity index is 1050. The van der Waals surface area contributed by atoms with E-state index in [9.17, 15) is 10.1 Å². The molecule has 9 nitrogen and oxygen atoms in total. The van der Waals surface area contributed by atoms with Gasteiger partial charge in [0.15, 0.2) is 12.4 Å². The minimum absolute atomic E-state index is 0.0970. The number of aryl methyl sites for hydroxylation is 1. The maximum atomic E-state index is 12.3. The quantitative estimate of drug-likeness (QED) is 0.324. The zero-order valence-electron chi connectivity index (χ0n) is 16.3. The van der Waals surface area contributed by atoms with Crippen molar-refractivity contribution in [3.63, 3.8) is 0 Å². The molecule has 3 aromatic heterocycles. The molecule has 0 aromatic carbocycles. The first-order valence-electron chi connectivity index (χ1n) is 8.84. The number of aromatic nitrogens is 3. The summed E-state index contributed by atoms with van der Waals surface area (Å²) in [5.74, 6) is -0.0798. The number of carbonyl (C=O) groups is 1. The fourth-order valence-electron chi connectivity index (χ4n) is 2.81. The van der Waals surface area contributed by atoms with E-state index >= 15 is 0 Å². The summed E-state index contributed by atoms with van der Waals surface area (Å²) in [5.41, 5.74) is 2.58. The lowest BCUT2D eigenvalue weighted by Gasteiger charge is -2.08. The Hall–Kier alpha value is -3.64. The van der Waals surface area contributed by atoms with Gasteiger partial charge in [0.25, 0.3) is 11.8 Å². The van der Waals surface area contributed by atoms with E-state index < -0.39 is 5.97 Å². The molecule has 0 N–H and O–H groups in total. The van der Waals surface area contributed by atoms with Crippen LogP contribution in [0.3, 0.4) is 0 Å². The number of furan rings is 1. The van der Waals surface area contributed by atoms with E-state index in [1.807, 2.05) is 26.0 Å². The maximum Gasteiger partial charge on any atom is 0.349 e. The van der Waals surface area contributed by atoms with Crippen LogP contribution in [0.4, 0.5) is 0 Å². The Balaban J connectivity index is 1.69. The van der Waals surface area contributed by atoms with E-state index in [-0.39, 0.29) is 24.0 Å². The molecule has 0 saturated heterocycles. The van der Waals surface area contributed by atoms with Gasteiger partial charge in [0.05, 0.1) is 12.9 Å². The number of carbonyl (C=O) groups excluding carboxylic acids is 1. The summed E-state index contributed by atoms with van der Waals surface area (Å²) in [5, 5.41) is 17.0. The van der Waals surface area contributed by atoms with Gasteiger partial charge in [-0.3, -0.25) is 0 Å². The van der Waals surface area contributed by atoms with Crippen molar-refractivity contribution in [1.82, 2.24) is 14.8 Å². The standard InChI is InChI=1S/C20H20N4O5/c1-13-9-15(14(2)24(13)6-8-26-3)10-16(11-21)20(25)28-12-18-22-23-19(29-18)17-5-4-7-27-17/h4-5,7,9-10H,6,8,12H2,1-3H3/b16-10+. The minimum atomic E-state index is -0.771. The van der Waals surface area contributed by atoms with Gasteiger partial charge in [-0.15, -0.1) is 10.2 Å². The molecule has 0 radical (unpaired) electrons. The van der Waals surface area contributed by atoms with E-state index in [0.717, 1.165) is 17.0 Å². The Kier molecular flexibility index (Phi) is 6.26. The van der Waals surface area contributed by atoms with Crippen molar-refractivity contribution >= 4 is 12.0 Å². The first-order valence-corrected chi connectivity index (χ1v) is 8.84. The number of rotatable bonds is 8. The van der Waals surface area contributed by atoms with Gasteiger partial charge in [-0.2, -0.15) is 5.26 Å². The van der Waals surface area contributed by atoms with E-state index in [1.165, 1.54) is 12.3 Å². The van der Waals surface area contributed by atoms with Crippen LogP contribution in [-0.2, 0) is 27.4 Å². The van der Waals surface area contributed by atoms with Gasteiger partial charge in [0.2, 0.25) is 0 Å². The Morgan fingerprint density at radius 3 is 2.90 bits per heavy atom. The molecule has 29 heavy (non-hydrogen) atoms. The number of methoxy groups -OCH3 is 1. The average molecular weight is 396 g/mol. The minimum Gasteiger partial charge on any atom is -0.459 e. The largest absolute Gasteiger partial charge is 0.459 e. The molecule has 0 bridgehead atoms. The fourth-order valence-corrected chi connectivity index (χ4v) is 2.81. The third-order valence-electron chi connectivity index (χ3n) is 4.30. The van der Waals surface area contributed by atoms with Gasteiger partial charge in [0.1, 0.15) is 11.6 Å². The van der Waals surface area contributed by atoms with Crippen LogP contribution in [0.25, 0.3) is 17.7 Å². The molecule has 3 heterocycles. The Morgan fingerprint density at radius 2 is 2.21 bits per heavy atom. The first-order chi connectivity index (χ1) is 14.0. The third kappa shape index (κ3) is 4.62. The molecule has 0 saturated carbocycles. The van der Waals surface area contributed by atoms with E-state index in [4.69, 9.17) is 18.3 Å². The molecule has 3 rings (SSSR count). The normalized spacial score (nSPS) is 11.4. The Labute approximate surface area is 167 Å². The van der Waals surface area contributed by atoms with Crippen molar-refractivity contribution in [3.05, 3.63) is 52.9 Å². The van der Waals surface area contributed by atoms with E-state index in [2.05, 4.69) is 14.8 Å². The highest BCUT2D eigenvalue weighted by molar-refractivity contribution is 5.98. The highest BCUT2D eigenvalue weighted by atomic mass is 16.5. The molecule has 0 fully saturated rings. The summed E-state index contributed by atoms with van der Waals surface area (Å²) in [6.07, 6.45) is 2.99.